The summed E-state index contributed by atoms with van der Waals surface area (Å²) >= 11 is 0. The molecule has 84 valence electrons. The minimum atomic E-state index is 0.854. The van der Waals surface area contributed by atoms with Gasteiger partial charge in [0.2, 0.25) is 0 Å². The number of unbranched alkanes of at least 4 members (excludes halogenated alkanes) is 2. The SMILES string of the molecule is C=CC=CCCCOCCCC=CC=C. The van der Waals surface area contributed by atoms with Crippen LogP contribution < -0.4 is 0 Å². The Hall–Kier alpha value is -1.08. The van der Waals surface area contributed by atoms with Crippen molar-refractivity contribution in [1.82, 2.24) is 0 Å². The van der Waals surface area contributed by atoms with Gasteiger partial charge in [-0.25, -0.2) is 0 Å². The van der Waals surface area contributed by atoms with Crippen LogP contribution >= 0.6 is 0 Å². The van der Waals surface area contributed by atoms with Gasteiger partial charge in [-0.2, -0.15) is 0 Å². The van der Waals surface area contributed by atoms with E-state index in [2.05, 4.69) is 25.3 Å². The van der Waals surface area contributed by atoms with Crippen LogP contribution in [-0.4, -0.2) is 13.2 Å². The number of hydrogen-bond acceptors (Lipinski definition) is 1. The second kappa shape index (κ2) is 12.9. The van der Waals surface area contributed by atoms with Gasteiger partial charge < -0.3 is 4.74 Å². The average Bonchev–Trinajstić information content (AvgIpc) is 2.26. The Balaban J connectivity index is 3.04. The monoisotopic (exact) mass is 206 g/mol. The molecule has 0 saturated carbocycles. The molecule has 0 aliphatic heterocycles. The zero-order valence-corrected chi connectivity index (χ0v) is 9.53. The van der Waals surface area contributed by atoms with E-state index in [1.165, 1.54) is 0 Å². The third-order valence-electron chi connectivity index (χ3n) is 1.86. The molecule has 0 spiro atoms. The fourth-order valence-corrected chi connectivity index (χ4v) is 1.09. The Morgan fingerprint density at radius 2 is 1.27 bits per heavy atom. The van der Waals surface area contributed by atoms with Crippen molar-refractivity contribution in [2.45, 2.75) is 25.7 Å². The second-order valence-corrected chi connectivity index (χ2v) is 3.22. The van der Waals surface area contributed by atoms with E-state index in [4.69, 9.17) is 4.74 Å². The molecule has 1 nitrogen and oxygen atoms in total. The lowest BCUT2D eigenvalue weighted by atomic mass is 10.3. The molecule has 0 aromatic carbocycles. The van der Waals surface area contributed by atoms with Crippen LogP contribution in [-0.2, 0) is 4.74 Å². The van der Waals surface area contributed by atoms with E-state index in [-0.39, 0.29) is 0 Å². The van der Waals surface area contributed by atoms with Crippen LogP contribution in [0.25, 0.3) is 0 Å². The van der Waals surface area contributed by atoms with Gasteiger partial charge in [-0.1, -0.05) is 49.6 Å². The maximum Gasteiger partial charge on any atom is 0.0468 e. The molecule has 0 saturated heterocycles. The first kappa shape index (κ1) is 13.9. The van der Waals surface area contributed by atoms with Crippen LogP contribution in [0.2, 0.25) is 0 Å². The van der Waals surface area contributed by atoms with Crippen molar-refractivity contribution in [3.05, 3.63) is 49.6 Å². The normalized spacial score (nSPS) is 11.2. The van der Waals surface area contributed by atoms with E-state index in [0.29, 0.717) is 0 Å². The summed E-state index contributed by atoms with van der Waals surface area (Å²) in [6, 6.07) is 0. The van der Waals surface area contributed by atoms with Gasteiger partial charge in [0.1, 0.15) is 0 Å². The van der Waals surface area contributed by atoms with Gasteiger partial charge >= 0.3 is 0 Å². The van der Waals surface area contributed by atoms with Crippen LogP contribution in [0.1, 0.15) is 25.7 Å². The molecule has 0 radical (unpaired) electrons. The molecule has 0 unspecified atom stereocenters. The van der Waals surface area contributed by atoms with Crippen LogP contribution in [0.3, 0.4) is 0 Å². The first-order chi connectivity index (χ1) is 7.41. The zero-order chi connectivity index (χ0) is 11.2. The van der Waals surface area contributed by atoms with Crippen molar-refractivity contribution in [2.24, 2.45) is 0 Å². The summed E-state index contributed by atoms with van der Waals surface area (Å²) in [6.07, 6.45) is 16.1. The number of hydrogen-bond donors (Lipinski definition) is 0. The molecular formula is C14H22O. The first-order valence-electron chi connectivity index (χ1n) is 5.54. The summed E-state index contributed by atoms with van der Waals surface area (Å²) in [5, 5.41) is 0. The summed E-state index contributed by atoms with van der Waals surface area (Å²) < 4.78 is 5.47. The van der Waals surface area contributed by atoms with Gasteiger partial charge in [0.25, 0.3) is 0 Å². The molecule has 0 rings (SSSR count). The first-order valence-corrected chi connectivity index (χ1v) is 5.54. The van der Waals surface area contributed by atoms with Crippen LogP contribution in [0.15, 0.2) is 49.6 Å². The number of allylic oxidation sites excluding steroid dienone is 6. The van der Waals surface area contributed by atoms with Crippen molar-refractivity contribution in [3.8, 4) is 0 Å². The molecule has 15 heavy (non-hydrogen) atoms. The molecule has 0 aromatic rings. The van der Waals surface area contributed by atoms with E-state index >= 15 is 0 Å². The fraction of sp³-hybridized carbons (Fsp3) is 0.429. The standard InChI is InChI=1S/C14H22O/c1-3-5-7-9-11-13-15-14-12-10-8-6-4-2/h3-8H,1-2,9-14H2. The summed E-state index contributed by atoms with van der Waals surface area (Å²) in [5.41, 5.74) is 0. The topological polar surface area (TPSA) is 9.23 Å². The fourth-order valence-electron chi connectivity index (χ4n) is 1.09. The Morgan fingerprint density at radius 3 is 1.67 bits per heavy atom. The molecule has 0 fully saturated rings. The maximum atomic E-state index is 5.47. The molecular weight excluding hydrogens is 184 g/mol. The summed E-state index contributed by atoms with van der Waals surface area (Å²) in [6.45, 7) is 8.93. The molecule has 0 aromatic heterocycles. The lowest BCUT2D eigenvalue weighted by Gasteiger charge is -2.00. The molecule has 0 amide bonds. The molecule has 0 heterocycles. The van der Waals surface area contributed by atoms with Crippen molar-refractivity contribution in [3.63, 3.8) is 0 Å². The number of rotatable bonds is 10. The van der Waals surface area contributed by atoms with E-state index in [0.717, 1.165) is 38.9 Å². The Morgan fingerprint density at radius 1 is 0.800 bits per heavy atom. The molecule has 0 aliphatic rings. The molecule has 0 aliphatic carbocycles. The summed E-state index contributed by atoms with van der Waals surface area (Å²) in [7, 11) is 0. The lowest BCUT2D eigenvalue weighted by Crippen LogP contribution is -1.95. The summed E-state index contributed by atoms with van der Waals surface area (Å²) in [4.78, 5) is 0. The average molecular weight is 206 g/mol. The lowest BCUT2D eigenvalue weighted by molar-refractivity contribution is 0.130. The Bertz CT molecular complexity index is 179. The van der Waals surface area contributed by atoms with Gasteiger partial charge in [-0.05, 0) is 25.7 Å². The molecule has 1 heteroatoms. The molecule has 0 bridgehead atoms. The highest BCUT2D eigenvalue weighted by Gasteiger charge is 1.87. The van der Waals surface area contributed by atoms with E-state index < -0.39 is 0 Å². The van der Waals surface area contributed by atoms with Gasteiger partial charge in [0.05, 0.1) is 0 Å². The van der Waals surface area contributed by atoms with Gasteiger partial charge in [-0.15, -0.1) is 0 Å². The van der Waals surface area contributed by atoms with Crippen molar-refractivity contribution in [1.29, 1.82) is 0 Å². The third kappa shape index (κ3) is 12.9. The van der Waals surface area contributed by atoms with Gasteiger partial charge in [0, 0.05) is 13.2 Å². The van der Waals surface area contributed by atoms with E-state index in [1.807, 2.05) is 12.2 Å². The van der Waals surface area contributed by atoms with Crippen LogP contribution in [0, 0.1) is 0 Å². The highest BCUT2D eigenvalue weighted by Crippen LogP contribution is 1.96. The Kier molecular flexibility index (Phi) is 12.0. The predicted octanol–water partition coefficient (Wildman–Crippen LogP) is 4.05. The van der Waals surface area contributed by atoms with Crippen LogP contribution in [0.5, 0.6) is 0 Å². The third-order valence-corrected chi connectivity index (χ3v) is 1.86. The van der Waals surface area contributed by atoms with Gasteiger partial charge in [0.15, 0.2) is 0 Å². The minimum absolute atomic E-state index is 0.854. The van der Waals surface area contributed by atoms with Crippen molar-refractivity contribution < 1.29 is 4.74 Å². The highest BCUT2D eigenvalue weighted by atomic mass is 16.5. The minimum Gasteiger partial charge on any atom is -0.381 e. The zero-order valence-electron chi connectivity index (χ0n) is 9.53. The van der Waals surface area contributed by atoms with E-state index in [9.17, 15) is 0 Å². The summed E-state index contributed by atoms with van der Waals surface area (Å²) in [5.74, 6) is 0. The van der Waals surface area contributed by atoms with Gasteiger partial charge in [-0.3, -0.25) is 0 Å². The quantitative estimate of drug-likeness (QED) is 0.387. The predicted molar refractivity (Wildman–Crippen MR) is 68.0 cm³/mol. The van der Waals surface area contributed by atoms with Crippen molar-refractivity contribution >= 4 is 0 Å². The second-order valence-electron chi connectivity index (χ2n) is 3.22. The molecule has 0 N–H and O–H groups in total. The smallest absolute Gasteiger partial charge is 0.0468 e. The number of ether oxygens (including phenoxy) is 1. The van der Waals surface area contributed by atoms with Crippen molar-refractivity contribution in [2.75, 3.05) is 13.2 Å². The Labute approximate surface area is 93.8 Å². The largest absolute Gasteiger partial charge is 0.381 e. The molecule has 0 atom stereocenters. The van der Waals surface area contributed by atoms with E-state index in [1.54, 1.807) is 12.2 Å². The highest BCUT2D eigenvalue weighted by molar-refractivity contribution is 4.97. The van der Waals surface area contributed by atoms with Crippen LogP contribution in [0.4, 0.5) is 0 Å². The maximum absolute atomic E-state index is 5.47.